The van der Waals surface area contributed by atoms with Crippen LogP contribution in [0.2, 0.25) is 0 Å². The van der Waals surface area contributed by atoms with Gasteiger partial charge >= 0.3 is 11.2 Å². The number of hydrogen-bond acceptors (Lipinski definition) is 5. The molecule has 0 aliphatic heterocycles. The molecule has 0 saturated carbocycles. The van der Waals surface area contributed by atoms with Crippen molar-refractivity contribution in [3.05, 3.63) is 61.9 Å². The Balaban J connectivity index is 2.33. The fraction of sp³-hybridized carbons (Fsp3) is 0. The molecule has 0 atom stereocenters. The maximum Gasteiger partial charge on any atom is 0.395 e. The zero-order valence-electron chi connectivity index (χ0n) is 9.91. The highest BCUT2D eigenvalue weighted by Gasteiger charge is 2.21. The first kappa shape index (κ1) is 13.4. The maximum atomic E-state index is 12.7. The molecule has 0 spiro atoms. The smallest absolute Gasteiger partial charge is 0.395 e. The van der Waals surface area contributed by atoms with Crippen LogP contribution in [0.3, 0.4) is 0 Å². The van der Waals surface area contributed by atoms with Crippen molar-refractivity contribution in [2.24, 2.45) is 0 Å². The lowest BCUT2D eigenvalue weighted by Gasteiger charge is -1.97. The second-order valence-electron chi connectivity index (χ2n) is 3.77. The highest BCUT2D eigenvalue weighted by atomic mass is 19.1. The highest BCUT2D eigenvalue weighted by Crippen LogP contribution is 2.17. The first-order chi connectivity index (χ1) is 9.47. The van der Waals surface area contributed by atoms with Crippen LogP contribution in [0, 0.1) is 15.9 Å². The van der Waals surface area contributed by atoms with Crippen LogP contribution in [0.1, 0.15) is 11.4 Å². The minimum atomic E-state index is -1.05. The van der Waals surface area contributed by atoms with Gasteiger partial charge in [-0.05, 0) is 23.8 Å². The van der Waals surface area contributed by atoms with Crippen LogP contribution < -0.4 is 5.56 Å². The molecule has 0 amide bonds. The first-order valence-corrected chi connectivity index (χ1v) is 5.38. The number of aromatic hydroxyl groups is 1. The minimum absolute atomic E-state index is 0.0533. The third-order valence-corrected chi connectivity index (χ3v) is 2.38. The zero-order chi connectivity index (χ0) is 14.7. The molecule has 0 aliphatic rings. The molecule has 0 fully saturated rings. The summed E-state index contributed by atoms with van der Waals surface area (Å²) in [4.78, 5) is 26.5. The predicted octanol–water partition coefficient (Wildman–Crippen LogP) is 1.69. The Hall–Kier alpha value is -3.03. The van der Waals surface area contributed by atoms with Crippen LogP contribution in [0.5, 0.6) is 5.88 Å². The SMILES string of the molecule is O=c1[nH]c(C=Cc2ccc(F)cc2)nc(O)c1[N+](=O)[O-]. The van der Waals surface area contributed by atoms with Gasteiger partial charge in [0.05, 0.1) is 4.92 Å². The van der Waals surface area contributed by atoms with Gasteiger partial charge in [0, 0.05) is 0 Å². The average molecular weight is 277 g/mol. The molecule has 0 unspecified atom stereocenters. The molecule has 1 aromatic heterocycles. The first-order valence-electron chi connectivity index (χ1n) is 5.38. The maximum absolute atomic E-state index is 12.7. The Bertz CT molecular complexity index is 737. The Kier molecular flexibility index (Phi) is 3.56. The standard InChI is InChI=1S/C12H8FN3O4/c13-8-4-1-7(2-5-8)3-6-9-14-11(17)10(16(19)20)12(18)15-9/h1-6H,(H2,14,15,17,18). The number of H-pyrrole nitrogens is 1. The van der Waals surface area contributed by atoms with Crippen molar-refractivity contribution in [1.82, 2.24) is 9.97 Å². The second-order valence-corrected chi connectivity index (χ2v) is 3.77. The predicted molar refractivity (Wildman–Crippen MR) is 68.5 cm³/mol. The van der Waals surface area contributed by atoms with Crippen LogP contribution in [0.15, 0.2) is 29.1 Å². The van der Waals surface area contributed by atoms with Gasteiger partial charge in [-0.15, -0.1) is 0 Å². The van der Waals surface area contributed by atoms with E-state index in [4.69, 9.17) is 0 Å². The number of nitro groups is 1. The quantitative estimate of drug-likeness (QED) is 0.655. The van der Waals surface area contributed by atoms with E-state index in [0.717, 1.165) is 0 Å². The summed E-state index contributed by atoms with van der Waals surface area (Å²) in [6.07, 6.45) is 2.83. The largest absolute Gasteiger partial charge is 0.488 e. The molecular weight excluding hydrogens is 269 g/mol. The third kappa shape index (κ3) is 2.86. The minimum Gasteiger partial charge on any atom is -0.488 e. The summed E-state index contributed by atoms with van der Waals surface area (Å²) in [7, 11) is 0. The monoisotopic (exact) mass is 277 g/mol. The Morgan fingerprint density at radius 3 is 2.50 bits per heavy atom. The van der Waals surface area contributed by atoms with Crippen LogP contribution in [-0.4, -0.2) is 20.0 Å². The molecular formula is C12H8FN3O4. The number of nitrogens with zero attached hydrogens (tertiary/aromatic N) is 2. The molecule has 20 heavy (non-hydrogen) atoms. The number of hydrogen-bond donors (Lipinski definition) is 2. The van der Waals surface area contributed by atoms with Crippen molar-refractivity contribution in [3.8, 4) is 5.88 Å². The molecule has 2 aromatic rings. The van der Waals surface area contributed by atoms with Gasteiger partial charge in [-0.25, -0.2) is 4.39 Å². The van der Waals surface area contributed by atoms with E-state index in [9.17, 15) is 24.4 Å². The number of halogens is 1. The van der Waals surface area contributed by atoms with Crippen molar-refractivity contribution >= 4 is 17.8 Å². The van der Waals surface area contributed by atoms with Crippen LogP contribution in [0.4, 0.5) is 10.1 Å². The molecule has 2 rings (SSSR count). The number of aromatic nitrogens is 2. The van der Waals surface area contributed by atoms with Gasteiger partial charge < -0.3 is 10.1 Å². The Morgan fingerprint density at radius 1 is 1.30 bits per heavy atom. The van der Waals surface area contributed by atoms with E-state index in [1.807, 2.05) is 0 Å². The average Bonchev–Trinajstić information content (AvgIpc) is 2.37. The Labute approximate surface area is 111 Å². The highest BCUT2D eigenvalue weighted by molar-refractivity contribution is 5.66. The summed E-state index contributed by atoms with van der Waals surface area (Å²) in [6, 6.07) is 5.50. The number of rotatable bonds is 3. The molecule has 0 bridgehead atoms. The third-order valence-electron chi connectivity index (χ3n) is 2.38. The second kappa shape index (κ2) is 5.31. The van der Waals surface area contributed by atoms with Crippen molar-refractivity contribution in [1.29, 1.82) is 0 Å². The summed E-state index contributed by atoms with van der Waals surface area (Å²) in [5.41, 5.74) is -1.43. The lowest BCUT2D eigenvalue weighted by atomic mass is 10.2. The van der Waals surface area contributed by atoms with Crippen LogP contribution >= 0.6 is 0 Å². The number of aromatic amines is 1. The van der Waals surface area contributed by atoms with E-state index in [0.29, 0.717) is 5.56 Å². The summed E-state index contributed by atoms with van der Waals surface area (Å²) in [5.74, 6) is -1.40. The van der Waals surface area contributed by atoms with E-state index in [-0.39, 0.29) is 11.6 Å². The van der Waals surface area contributed by atoms with Gasteiger partial charge in [-0.2, -0.15) is 4.98 Å². The molecule has 1 heterocycles. The molecule has 2 N–H and O–H groups in total. The summed E-state index contributed by atoms with van der Waals surface area (Å²) in [6.45, 7) is 0. The van der Waals surface area contributed by atoms with Crippen molar-refractivity contribution in [3.63, 3.8) is 0 Å². The van der Waals surface area contributed by atoms with Gasteiger partial charge in [0.2, 0.25) is 0 Å². The molecule has 7 nitrogen and oxygen atoms in total. The summed E-state index contributed by atoms with van der Waals surface area (Å²) < 4.78 is 12.7. The van der Waals surface area contributed by atoms with Gasteiger partial charge in [-0.3, -0.25) is 14.9 Å². The Morgan fingerprint density at radius 2 is 1.95 bits per heavy atom. The van der Waals surface area contributed by atoms with Crippen molar-refractivity contribution < 1.29 is 14.4 Å². The van der Waals surface area contributed by atoms with E-state index in [1.165, 1.54) is 36.4 Å². The molecule has 102 valence electrons. The molecule has 8 heteroatoms. The van der Waals surface area contributed by atoms with E-state index >= 15 is 0 Å². The van der Waals surface area contributed by atoms with E-state index in [1.54, 1.807) is 0 Å². The van der Waals surface area contributed by atoms with Gasteiger partial charge in [-0.1, -0.05) is 18.2 Å². The fourth-order valence-electron chi connectivity index (χ4n) is 1.46. The lowest BCUT2D eigenvalue weighted by molar-refractivity contribution is -0.387. The van der Waals surface area contributed by atoms with E-state index < -0.39 is 22.0 Å². The number of nitrogens with one attached hydrogen (secondary N) is 1. The summed E-state index contributed by atoms with van der Waals surface area (Å²) >= 11 is 0. The zero-order valence-corrected chi connectivity index (χ0v) is 9.91. The molecule has 0 radical (unpaired) electrons. The van der Waals surface area contributed by atoms with Gasteiger partial charge in [0.25, 0.3) is 5.88 Å². The van der Waals surface area contributed by atoms with Gasteiger partial charge in [0.1, 0.15) is 11.6 Å². The van der Waals surface area contributed by atoms with Crippen molar-refractivity contribution in [2.75, 3.05) is 0 Å². The van der Waals surface area contributed by atoms with Crippen LogP contribution in [-0.2, 0) is 0 Å². The molecule has 0 saturated heterocycles. The molecule has 0 aliphatic carbocycles. The van der Waals surface area contributed by atoms with E-state index in [2.05, 4.69) is 9.97 Å². The van der Waals surface area contributed by atoms with Gasteiger partial charge in [0.15, 0.2) is 0 Å². The fourth-order valence-corrected chi connectivity index (χ4v) is 1.46. The van der Waals surface area contributed by atoms with Crippen molar-refractivity contribution in [2.45, 2.75) is 0 Å². The van der Waals surface area contributed by atoms with Crippen LogP contribution in [0.25, 0.3) is 12.2 Å². The normalized spacial score (nSPS) is 10.8. The number of benzene rings is 1. The molecule has 1 aromatic carbocycles. The summed E-state index contributed by atoms with van der Waals surface area (Å²) in [5, 5.41) is 19.8. The topological polar surface area (TPSA) is 109 Å². The lowest BCUT2D eigenvalue weighted by Crippen LogP contribution is -2.14.